The molecular weight excluding hydrogens is 314 g/mol. The van der Waals surface area contributed by atoms with E-state index >= 15 is 0 Å². The number of furan rings is 1. The number of nitrogens with one attached hydrogen (secondary N) is 1. The molecule has 0 bridgehead atoms. The normalized spacial score (nSPS) is 26.8. The van der Waals surface area contributed by atoms with Crippen molar-refractivity contribution in [1.82, 2.24) is 13.9 Å². The standard InChI is InChI=1S/C16H27N3O3S/c1-12-7-8-16(22-12)14-10-19(9-13-5-4-6-13)11-15(14)17-23(20,21)18(2)3/h7-8,13-15,17H,4-6,9-11H2,1-3H3/t14-,15-/m1/s1. The summed E-state index contributed by atoms with van der Waals surface area (Å²) in [5.74, 6) is 2.59. The lowest BCUT2D eigenvalue weighted by Gasteiger charge is -2.30. The Bertz CT molecular complexity index is 637. The third-order valence-electron chi connectivity index (χ3n) is 5.04. The molecule has 2 heterocycles. The van der Waals surface area contributed by atoms with E-state index in [-0.39, 0.29) is 12.0 Å². The first kappa shape index (κ1) is 17.0. The molecule has 1 aliphatic heterocycles. The van der Waals surface area contributed by atoms with Crippen molar-refractivity contribution in [2.75, 3.05) is 33.7 Å². The highest BCUT2D eigenvalue weighted by Gasteiger charge is 2.39. The molecule has 0 radical (unpaired) electrons. The fourth-order valence-corrected chi connectivity index (χ4v) is 4.26. The van der Waals surface area contributed by atoms with Crippen molar-refractivity contribution < 1.29 is 12.8 Å². The number of aryl methyl sites for hydroxylation is 1. The molecule has 0 amide bonds. The van der Waals surface area contributed by atoms with Crippen LogP contribution in [-0.4, -0.2) is 57.4 Å². The molecule has 2 atom stereocenters. The second-order valence-electron chi connectivity index (χ2n) is 7.08. The largest absolute Gasteiger partial charge is 0.466 e. The number of hydrogen-bond acceptors (Lipinski definition) is 4. The molecular formula is C16H27N3O3S. The van der Waals surface area contributed by atoms with E-state index in [9.17, 15) is 8.42 Å². The quantitative estimate of drug-likeness (QED) is 0.853. The summed E-state index contributed by atoms with van der Waals surface area (Å²) in [4.78, 5) is 2.38. The number of likely N-dealkylation sites (tertiary alicyclic amines) is 1. The van der Waals surface area contributed by atoms with Crippen molar-refractivity contribution in [3.8, 4) is 0 Å². The highest BCUT2D eigenvalue weighted by atomic mass is 32.2. The monoisotopic (exact) mass is 341 g/mol. The molecule has 7 heteroatoms. The highest BCUT2D eigenvalue weighted by molar-refractivity contribution is 7.87. The lowest BCUT2D eigenvalue weighted by atomic mass is 9.85. The van der Waals surface area contributed by atoms with Gasteiger partial charge in [0, 0.05) is 45.7 Å². The minimum absolute atomic E-state index is 0.0681. The van der Waals surface area contributed by atoms with Crippen molar-refractivity contribution in [2.24, 2.45) is 5.92 Å². The van der Waals surface area contributed by atoms with Crippen molar-refractivity contribution in [1.29, 1.82) is 0 Å². The van der Waals surface area contributed by atoms with Crippen LogP contribution in [0.5, 0.6) is 0 Å². The second-order valence-corrected chi connectivity index (χ2v) is 9.00. The molecule has 3 rings (SSSR count). The van der Waals surface area contributed by atoms with Crippen molar-refractivity contribution in [3.63, 3.8) is 0 Å². The van der Waals surface area contributed by atoms with Gasteiger partial charge >= 0.3 is 0 Å². The molecule has 1 aliphatic carbocycles. The molecule has 23 heavy (non-hydrogen) atoms. The maximum absolute atomic E-state index is 12.2. The van der Waals surface area contributed by atoms with Gasteiger partial charge in [-0.2, -0.15) is 17.4 Å². The molecule has 2 fully saturated rings. The third-order valence-corrected chi connectivity index (χ3v) is 6.61. The smallest absolute Gasteiger partial charge is 0.279 e. The fraction of sp³-hybridized carbons (Fsp3) is 0.750. The van der Waals surface area contributed by atoms with Gasteiger partial charge in [0.2, 0.25) is 0 Å². The predicted molar refractivity (Wildman–Crippen MR) is 89.5 cm³/mol. The zero-order valence-electron chi connectivity index (χ0n) is 14.2. The van der Waals surface area contributed by atoms with Crippen LogP contribution in [0.4, 0.5) is 0 Å². The number of hydrogen-bond donors (Lipinski definition) is 1. The Morgan fingerprint density at radius 3 is 2.57 bits per heavy atom. The average molecular weight is 341 g/mol. The van der Waals surface area contributed by atoms with Crippen molar-refractivity contribution in [3.05, 3.63) is 23.7 Å². The third kappa shape index (κ3) is 3.79. The van der Waals surface area contributed by atoms with E-state index in [2.05, 4.69) is 9.62 Å². The van der Waals surface area contributed by atoms with E-state index in [4.69, 9.17) is 4.42 Å². The topological polar surface area (TPSA) is 65.8 Å². The second kappa shape index (κ2) is 6.55. The minimum Gasteiger partial charge on any atom is -0.466 e. The Morgan fingerprint density at radius 2 is 2.04 bits per heavy atom. The molecule has 0 unspecified atom stereocenters. The van der Waals surface area contributed by atoms with Crippen LogP contribution in [0.3, 0.4) is 0 Å². The first-order chi connectivity index (χ1) is 10.8. The molecule has 1 saturated heterocycles. The first-order valence-electron chi connectivity index (χ1n) is 8.33. The number of rotatable bonds is 6. The zero-order chi connectivity index (χ0) is 16.6. The summed E-state index contributed by atoms with van der Waals surface area (Å²) in [6.07, 6.45) is 3.93. The lowest BCUT2D eigenvalue weighted by molar-refractivity contribution is 0.201. The maximum Gasteiger partial charge on any atom is 0.279 e. The predicted octanol–water partition coefficient (Wildman–Crippen LogP) is 1.55. The summed E-state index contributed by atoms with van der Waals surface area (Å²) < 4.78 is 34.3. The van der Waals surface area contributed by atoms with Gasteiger partial charge in [0.05, 0.1) is 0 Å². The molecule has 1 aromatic rings. The van der Waals surface area contributed by atoms with E-state index in [1.807, 2.05) is 19.1 Å². The summed E-state index contributed by atoms with van der Waals surface area (Å²) in [5, 5.41) is 0. The van der Waals surface area contributed by atoms with Gasteiger partial charge < -0.3 is 9.32 Å². The highest BCUT2D eigenvalue weighted by Crippen LogP contribution is 2.33. The van der Waals surface area contributed by atoms with Crippen molar-refractivity contribution in [2.45, 2.75) is 38.1 Å². The van der Waals surface area contributed by atoms with Crippen LogP contribution < -0.4 is 4.72 Å². The van der Waals surface area contributed by atoms with E-state index in [0.29, 0.717) is 0 Å². The van der Waals surface area contributed by atoms with Gasteiger partial charge in [-0.15, -0.1) is 0 Å². The molecule has 1 aromatic heterocycles. The Labute approximate surface area is 139 Å². The minimum atomic E-state index is -3.44. The van der Waals surface area contributed by atoms with Gasteiger partial charge in [-0.1, -0.05) is 6.42 Å². The summed E-state index contributed by atoms with van der Waals surface area (Å²) >= 11 is 0. The van der Waals surface area contributed by atoms with Crippen LogP contribution in [0.1, 0.15) is 36.7 Å². The molecule has 0 aromatic carbocycles. The molecule has 130 valence electrons. The van der Waals surface area contributed by atoms with E-state index < -0.39 is 10.2 Å². The summed E-state index contributed by atoms with van der Waals surface area (Å²) in [5.41, 5.74) is 0. The SMILES string of the molecule is Cc1ccc([C@@H]2CN(CC3CCC3)C[C@H]2NS(=O)(=O)N(C)C)o1. The van der Waals surface area contributed by atoms with Crippen LogP contribution in [0.2, 0.25) is 0 Å². The fourth-order valence-electron chi connectivity index (χ4n) is 3.43. The van der Waals surface area contributed by atoms with Crippen LogP contribution in [0.25, 0.3) is 0 Å². The summed E-state index contributed by atoms with van der Waals surface area (Å²) in [7, 11) is -0.342. The molecule has 1 N–H and O–H groups in total. The Balaban J connectivity index is 1.75. The molecule has 6 nitrogen and oxygen atoms in total. The Kier molecular flexibility index (Phi) is 4.83. The first-order valence-corrected chi connectivity index (χ1v) is 9.77. The van der Waals surface area contributed by atoms with Crippen LogP contribution in [0.15, 0.2) is 16.5 Å². The van der Waals surface area contributed by atoms with Crippen LogP contribution in [-0.2, 0) is 10.2 Å². The molecule has 2 aliphatic rings. The summed E-state index contributed by atoms with van der Waals surface area (Å²) in [6, 6.07) is 3.78. The van der Waals surface area contributed by atoms with Gasteiger partial charge in [-0.3, -0.25) is 0 Å². The van der Waals surface area contributed by atoms with E-state index in [1.54, 1.807) is 14.1 Å². The van der Waals surface area contributed by atoms with E-state index in [0.717, 1.165) is 37.1 Å². The molecule has 1 saturated carbocycles. The van der Waals surface area contributed by atoms with Crippen LogP contribution >= 0.6 is 0 Å². The van der Waals surface area contributed by atoms with Gasteiger partial charge in [-0.05, 0) is 37.8 Å². The van der Waals surface area contributed by atoms with Gasteiger partial charge in [0.1, 0.15) is 11.5 Å². The maximum atomic E-state index is 12.2. The molecule has 0 spiro atoms. The van der Waals surface area contributed by atoms with Gasteiger partial charge in [-0.25, -0.2) is 0 Å². The van der Waals surface area contributed by atoms with Gasteiger partial charge in [0.15, 0.2) is 0 Å². The summed E-state index contributed by atoms with van der Waals surface area (Å²) in [6.45, 7) is 4.58. The Hall–Kier alpha value is -0.890. The van der Waals surface area contributed by atoms with Crippen molar-refractivity contribution >= 4 is 10.2 Å². The van der Waals surface area contributed by atoms with E-state index in [1.165, 1.54) is 23.6 Å². The van der Waals surface area contributed by atoms with Gasteiger partial charge in [0.25, 0.3) is 10.2 Å². The number of nitrogens with zero attached hydrogens (tertiary/aromatic N) is 2. The lowest BCUT2D eigenvalue weighted by Crippen LogP contribution is -2.45. The Morgan fingerprint density at radius 1 is 1.30 bits per heavy atom. The zero-order valence-corrected chi connectivity index (χ0v) is 15.0. The van der Waals surface area contributed by atoms with Crippen LogP contribution in [0, 0.1) is 12.8 Å². The average Bonchev–Trinajstić information content (AvgIpc) is 3.00.